The van der Waals surface area contributed by atoms with Crippen molar-refractivity contribution in [3.05, 3.63) is 0 Å². The van der Waals surface area contributed by atoms with Gasteiger partial charge >= 0.3 is 0 Å². The fraction of sp³-hybridized carbons (Fsp3) is 1.00. The Kier molecular flexibility index (Phi) is 3.22. The Bertz CT molecular complexity index is 333. The van der Waals surface area contributed by atoms with E-state index in [4.69, 9.17) is 0 Å². The van der Waals surface area contributed by atoms with E-state index in [2.05, 4.69) is 19.2 Å². The zero-order valence-electron chi connectivity index (χ0n) is 13.6. The predicted octanol–water partition coefficient (Wildman–Crippen LogP) is 4.76. The molecule has 1 N–H and O–H groups in total. The maximum atomic E-state index is 4.03. The van der Waals surface area contributed by atoms with Gasteiger partial charge in [-0.25, -0.2) is 0 Å². The molecule has 1 heteroatoms. The Hall–Kier alpha value is -0.0400. The Labute approximate surface area is 125 Å². The van der Waals surface area contributed by atoms with Crippen molar-refractivity contribution < 1.29 is 0 Å². The second kappa shape index (κ2) is 4.73. The van der Waals surface area contributed by atoms with E-state index in [0.717, 1.165) is 23.8 Å². The third-order valence-corrected chi connectivity index (χ3v) is 7.52. The summed E-state index contributed by atoms with van der Waals surface area (Å²) >= 11 is 0. The first-order chi connectivity index (χ1) is 9.63. The highest BCUT2D eigenvalue weighted by Crippen LogP contribution is 2.61. The molecule has 20 heavy (non-hydrogen) atoms. The molecule has 5 fully saturated rings. The van der Waals surface area contributed by atoms with Crippen molar-refractivity contribution in [2.24, 2.45) is 28.6 Å². The smallest absolute Gasteiger partial charge is 0.00957 e. The third-order valence-electron chi connectivity index (χ3n) is 7.52. The SMILES string of the molecule is CCCC1(CNC(C)C23CC4CC(CC(C4)C2)C3)CC1. The predicted molar refractivity (Wildman–Crippen MR) is 84.6 cm³/mol. The summed E-state index contributed by atoms with van der Waals surface area (Å²) in [4.78, 5) is 0. The first kappa shape index (κ1) is 13.6. The highest BCUT2D eigenvalue weighted by Gasteiger charge is 2.53. The maximum absolute atomic E-state index is 4.03. The van der Waals surface area contributed by atoms with Gasteiger partial charge in [0.2, 0.25) is 0 Å². The van der Waals surface area contributed by atoms with Crippen LogP contribution in [-0.4, -0.2) is 12.6 Å². The molecule has 1 nitrogen and oxygen atoms in total. The largest absolute Gasteiger partial charge is 0.313 e. The number of hydrogen-bond donors (Lipinski definition) is 1. The molecule has 4 bridgehead atoms. The summed E-state index contributed by atoms with van der Waals surface area (Å²) in [7, 11) is 0. The third kappa shape index (κ3) is 2.25. The fourth-order valence-corrected chi connectivity index (χ4v) is 6.52. The van der Waals surface area contributed by atoms with Crippen LogP contribution in [0.3, 0.4) is 0 Å². The highest BCUT2D eigenvalue weighted by atomic mass is 15.0. The molecule has 1 unspecified atom stereocenters. The Morgan fingerprint density at radius 3 is 2.00 bits per heavy atom. The Morgan fingerprint density at radius 1 is 1.00 bits per heavy atom. The van der Waals surface area contributed by atoms with Gasteiger partial charge in [0.25, 0.3) is 0 Å². The summed E-state index contributed by atoms with van der Waals surface area (Å²) in [5, 5.41) is 4.03. The first-order valence-corrected chi connectivity index (χ1v) is 9.36. The molecule has 114 valence electrons. The van der Waals surface area contributed by atoms with Crippen LogP contribution in [0.2, 0.25) is 0 Å². The molecule has 0 heterocycles. The summed E-state index contributed by atoms with van der Waals surface area (Å²) in [6.07, 6.45) is 15.2. The van der Waals surface area contributed by atoms with Crippen molar-refractivity contribution in [2.45, 2.75) is 84.1 Å². The van der Waals surface area contributed by atoms with E-state index >= 15 is 0 Å². The van der Waals surface area contributed by atoms with E-state index in [9.17, 15) is 0 Å². The number of rotatable bonds is 6. The van der Waals surface area contributed by atoms with Gasteiger partial charge in [0.05, 0.1) is 0 Å². The fourth-order valence-electron chi connectivity index (χ4n) is 6.52. The molecular weight excluding hydrogens is 242 g/mol. The zero-order valence-corrected chi connectivity index (χ0v) is 13.6. The van der Waals surface area contributed by atoms with Crippen molar-refractivity contribution >= 4 is 0 Å². The molecule has 0 spiro atoms. The van der Waals surface area contributed by atoms with E-state index in [0.29, 0.717) is 10.8 Å². The molecule has 5 rings (SSSR count). The standard InChI is InChI=1S/C19H33N/c1-3-4-18(5-6-18)13-20-14(2)19-10-15-7-16(11-19)9-17(8-15)12-19/h14-17,20H,3-13H2,1-2H3. The molecule has 5 aliphatic carbocycles. The molecule has 0 saturated heterocycles. The van der Waals surface area contributed by atoms with Gasteiger partial charge in [0.1, 0.15) is 0 Å². The summed E-state index contributed by atoms with van der Waals surface area (Å²) in [5.41, 5.74) is 1.41. The topological polar surface area (TPSA) is 12.0 Å². The minimum atomic E-state index is 0.692. The Balaban J connectivity index is 1.39. The van der Waals surface area contributed by atoms with Gasteiger partial charge < -0.3 is 5.32 Å². The van der Waals surface area contributed by atoms with Crippen molar-refractivity contribution in [2.75, 3.05) is 6.54 Å². The van der Waals surface area contributed by atoms with E-state index in [-0.39, 0.29) is 0 Å². The van der Waals surface area contributed by atoms with Crippen LogP contribution in [0.5, 0.6) is 0 Å². The number of nitrogens with one attached hydrogen (secondary N) is 1. The van der Waals surface area contributed by atoms with Gasteiger partial charge in [-0.2, -0.15) is 0 Å². The lowest BCUT2D eigenvalue weighted by Crippen LogP contribution is -2.55. The molecule has 0 amide bonds. The van der Waals surface area contributed by atoms with Crippen LogP contribution < -0.4 is 5.32 Å². The van der Waals surface area contributed by atoms with Crippen molar-refractivity contribution in [1.29, 1.82) is 0 Å². The molecule has 0 aromatic carbocycles. The molecule has 0 radical (unpaired) electrons. The second-order valence-corrected chi connectivity index (χ2v) is 9.13. The summed E-state index contributed by atoms with van der Waals surface area (Å²) < 4.78 is 0. The lowest BCUT2D eigenvalue weighted by Gasteiger charge is -2.59. The van der Waals surface area contributed by atoms with Gasteiger partial charge in [-0.05, 0) is 93.3 Å². The quantitative estimate of drug-likeness (QED) is 0.737. The van der Waals surface area contributed by atoms with E-state index in [1.165, 1.54) is 32.2 Å². The van der Waals surface area contributed by atoms with E-state index in [1.807, 2.05) is 0 Å². The lowest BCUT2D eigenvalue weighted by molar-refractivity contribution is -0.0710. The molecule has 1 atom stereocenters. The van der Waals surface area contributed by atoms with E-state index in [1.54, 1.807) is 38.5 Å². The van der Waals surface area contributed by atoms with Gasteiger partial charge in [-0.1, -0.05) is 13.3 Å². The molecular formula is C19H33N. The van der Waals surface area contributed by atoms with Gasteiger partial charge in [0.15, 0.2) is 0 Å². The zero-order chi connectivity index (χ0) is 13.8. The van der Waals surface area contributed by atoms with Crippen LogP contribution in [0, 0.1) is 28.6 Å². The monoisotopic (exact) mass is 275 g/mol. The molecule has 0 aromatic rings. The summed E-state index contributed by atoms with van der Waals surface area (Å²) in [5.74, 6) is 3.28. The Morgan fingerprint density at radius 2 is 1.55 bits per heavy atom. The minimum absolute atomic E-state index is 0.692. The maximum Gasteiger partial charge on any atom is 0.00957 e. The molecule has 0 aromatic heterocycles. The average molecular weight is 275 g/mol. The molecule has 5 aliphatic rings. The van der Waals surface area contributed by atoms with Gasteiger partial charge in [0, 0.05) is 12.6 Å². The first-order valence-electron chi connectivity index (χ1n) is 9.36. The van der Waals surface area contributed by atoms with Crippen LogP contribution in [0.25, 0.3) is 0 Å². The van der Waals surface area contributed by atoms with Crippen LogP contribution in [-0.2, 0) is 0 Å². The van der Waals surface area contributed by atoms with Gasteiger partial charge in [-0.3, -0.25) is 0 Å². The normalized spacial score (nSPS) is 45.6. The summed E-state index contributed by atoms with van der Waals surface area (Å²) in [6.45, 7) is 6.18. The van der Waals surface area contributed by atoms with Crippen LogP contribution >= 0.6 is 0 Å². The average Bonchev–Trinajstić information content (AvgIpc) is 3.15. The number of hydrogen-bond acceptors (Lipinski definition) is 1. The highest BCUT2D eigenvalue weighted by molar-refractivity contribution is 5.06. The minimum Gasteiger partial charge on any atom is -0.313 e. The van der Waals surface area contributed by atoms with Gasteiger partial charge in [-0.15, -0.1) is 0 Å². The molecule has 0 aliphatic heterocycles. The van der Waals surface area contributed by atoms with E-state index < -0.39 is 0 Å². The summed E-state index contributed by atoms with van der Waals surface area (Å²) in [6, 6.07) is 0.769. The lowest BCUT2D eigenvalue weighted by atomic mass is 9.48. The molecule has 5 saturated carbocycles. The van der Waals surface area contributed by atoms with Crippen molar-refractivity contribution in [3.63, 3.8) is 0 Å². The van der Waals surface area contributed by atoms with Crippen molar-refractivity contribution in [1.82, 2.24) is 5.32 Å². The van der Waals surface area contributed by atoms with Crippen LogP contribution in [0.4, 0.5) is 0 Å². The van der Waals surface area contributed by atoms with Crippen molar-refractivity contribution in [3.8, 4) is 0 Å². The van der Waals surface area contributed by atoms with Crippen LogP contribution in [0.15, 0.2) is 0 Å². The second-order valence-electron chi connectivity index (χ2n) is 9.13. The van der Waals surface area contributed by atoms with Crippen LogP contribution in [0.1, 0.15) is 78.1 Å².